The molecule has 0 radical (unpaired) electrons. The van der Waals surface area contributed by atoms with E-state index in [4.69, 9.17) is 15.2 Å². The SMILES string of the molecule is Cc1[nH]c2ccc(F)cc2c1-c1nc2c3cccnc3c3ncccc3c2[nH]1.N.N.O=C(O)C1(C(=O)O)CCC1.[Pt]. The van der Waals surface area contributed by atoms with Gasteiger partial charge in [0, 0.05) is 66.4 Å². The molecule has 1 saturated carbocycles. The summed E-state index contributed by atoms with van der Waals surface area (Å²) in [6, 6.07) is 12.6. The molecule has 1 aliphatic rings. The second kappa shape index (κ2) is 11.7. The standard InChI is InChI=1S/C22H14FN5.C6H8O4.2H3N.Pt/c1-11-17(15-10-12(23)6-7-16(15)26-11)22-27-20-13-4-2-8-24-18(13)19-14(21(20)28-22)5-3-9-25-19;7-4(8)6(5(9)10)2-1-3-6;;;/h2-10,26H,1H3,(H,27,28);1-3H2,(H,7,8)(H,9,10);2*1H3;. The Bertz CT molecular complexity index is 1830. The number of carboxylic acids is 2. The minimum atomic E-state index is -1.44. The number of benzene rings is 2. The number of aliphatic carboxylic acids is 2. The molecule has 11 nitrogen and oxygen atoms in total. The Balaban J connectivity index is 0.000000308. The van der Waals surface area contributed by atoms with Crippen LogP contribution in [0.25, 0.3) is 55.1 Å². The summed E-state index contributed by atoms with van der Waals surface area (Å²) in [4.78, 5) is 41.5. The fraction of sp³-hybridized carbons (Fsp3) is 0.179. The third-order valence-electron chi connectivity index (χ3n) is 7.28. The number of imidazole rings is 1. The first-order chi connectivity index (χ1) is 18.3. The number of nitrogens with zero attached hydrogens (tertiary/aromatic N) is 3. The van der Waals surface area contributed by atoms with Crippen LogP contribution in [0.4, 0.5) is 4.39 Å². The molecule has 13 heteroatoms. The van der Waals surface area contributed by atoms with Crippen LogP contribution in [0.2, 0.25) is 0 Å². The molecule has 4 heterocycles. The maximum atomic E-state index is 13.9. The molecular formula is C28H28FN7O4Pt. The van der Waals surface area contributed by atoms with Crippen LogP contribution in [0, 0.1) is 18.2 Å². The number of fused-ring (bicyclic) bond motifs is 7. The van der Waals surface area contributed by atoms with Crippen LogP contribution in [-0.4, -0.2) is 47.1 Å². The number of pyridine rings is 2. The van der Waals surface area contributed by atoms with E-state index in [9.17, 15) is 14.0 Å². The summed E-state index contributed by atoms with van der Waals surface area (Å²) in [5.41, 5.74) is 4.65. The average molecular weight is 741 g/mol. The van der Waals surface area contributed by atoms with Crippen molar-refractivity contribution in [2.75, 3.05) is 0 Å². The number of nitrogens with one attached hydrogen (secondary N) is 2. The molecule has 0 spiro atoms. The van der Waals surface area contributed by atoms with Gasteiger partial charge in [-0.15, -0.1) is 0 Å². The Morgan fingerprint density at radius 1 is 0.878 bits per heavy atom. The minimum Gasteiger partial charge on any atom is -0.480 e. The van der Waals surface area contributed by atoms with Crippen molar-refractivity contribution in [3.05, 3.63) is 66.4 Å². The van der Waals surface area contributed by atoms with Crippen molar-refractivity contribution in [3.63, 3.8) is 0 Å². The van der Waals surface area contributed by atoms with Crippen LogP contribution in [0.3, 0.4) is 0 Å². The van der Waals surface area contributed by atoms with Gasteiger partial charge in [0.1, 0.15) is 11.6 Å². The summed E-state index contributed by atoms with van der Waals surface area (Å²) in [6.45, 7) is 1.97. The largest absolute Gasteiger partial charge is 0.480 e. The maximum absolute atomic E-state index is 13.9. The van der Waals surface area contributed by atoms with Crippen LogP contribution in [0.1, 0.15) is 25.0 Å². The molecule has 1 aliphatic carbocycles. The van der Waals surface area contributed by atoms with Gasteiger partial charge in [0.2, 0.25) is 0 Å². The number of hydrogen-bond acceptors (Lipinski definition) is 7. The topological polar surface area (TPSA) is 215 Å². The van der Waals surface area contributed by atoms with Gasteiger partial charge < -0.3 is 32.5 Å². The number of carboxylic acid groups (broad SMARTS) is 2. The molecule has 0 bridgehead atoms. The molecular weight excluding hydrogens is 712 g/mol. The van der Waals surface area contributed by atoms with E-state index < -0.39 is 17.4 Å². The van der Waals surface area contributed by atoms with Crippen LogP contribution in [-0.2, 0) is 30.7 Å². The summed E-state index contributed by atoms with van der Waals surface area (Å²) in [5.74, 6) is -1.98. The van der Waals surface area contributed by atoms with Crippen LogP contribution in [0.5, 0.6) is 0 Å². The van der Waals surface area contributed by atoms with Gasteiger partial charge in [-0.1, -0.05) is 0 Å². The molecule has 10 N–H and O–H groups in total. The average Bonchev–Trinajstić information content (AvgIpc) is 3.44. The van der Waals surface area contributed by atoms with E-state index in [1.165, 1.54) is 6.07 Å². The number of aryl methyl sites for hydroxylation is 1. The summed E-state index contributed by atoms with van der Waals surface area (Å²) in [5, 5.41) is 19.7. The smallest absolute Gasteiger partial charge is 0.321 e. The van der Waals surface area contributed by atoms with Gasteiger partial charge in [0.15, 0.2) is 5.41 Å². The summed E-state index contributed by atoms with van der Waals surface area (Å²) in [6.07, 6.45) is 4.79. The Morgan fingerprint density at radius 3 is 2.05 bits per heavy atom. The zero-order chi connectivity index (χ0) is 26.6. The van der Waals surface area contributed by atoms with Crippen molar-refractivity contribution in [1.29, 1.82) is 0 Å². The van der Waals surface area contributed by atoms with Crippen molar-refractivity contribution in [2.45, 2.75) is 26.2 Å². The predicted molar refractivity (Wildman–Crippen MR) is 150 cm³/mol. The van der Waals surface area contributed by atoms with Gasteiger partial charge in [-0.3, -0.25) is 19.6 Å². The van der Waals surface area contributed by atoms with Gasteiger partial charge in [-0.2, -0.15) is 0 Å². The monoisotopic (exact) mass is 740 g/mol. The zero-order valence-electron chi connectivity index (χ0n) is 22.0. The Labute approximate surface area is 247 Å². The second-order valence-electron chi connectivity index (χ2n) is 9.47. The fourth-order valence-electron chi connectivity index (χ4n) is 5.12. The summed E-state index contributed by atoms with van der Waals surface area (Å²) < 4.78 is 13.9. The molecule has 2 aromatic carbocycles. The van der Waals surface area contributed by atoms with Crippen molar-refractivity contribution in [3.8, 4) is 11.4 Å². The van der Waals surface area contributed by atoms with Crippen LogP contribution >= 0.6 is 0 Å². The van der Waals surface area contributed by atoms with E-state index in [0.717, 1.165) is 55.0 Å². The van der Waals surface area contributed by atoms with E-state index >= 15 is 0 Å². The fourth-order valence-corrected chi connectivity index (χ4v) is 5.12. The Kier molecular flexibility index (Phi) is 8.92. The number of aromatic nitrogens is 5. The normalized spacial score (nSPS) is 13.3. The van der Waals surface area contributed by atoms with E-state index in [1.807, 2.05) is 31.2 Å². The van der Waals surface area contributed by atoms with E-state index in [2.05, 4.69) is 19.9 Å². The van der Waals surface area contributed by atoms with E-state index in [-0.39, 0.29) is 52.0 Å². The zero-order valence-corrected chi connectivity index (χ0v) is 24.3. The van der Waals surface area contributed by atoms with Gasteiger partial charge in [0.05, 0.1) is 22.1 Å². The number of carbonyl (C=O) groups is 2. The number of aromatic amines is 2. The molecule has 0 unspecified atom stereocenters. The van der Waals surface area contributed by atoms with Gasteiger partial charge in [-0.05, 0) is 68.7 Å². The quantitative estimate of drug-likeness (QED) is 0.0939. The van der Waals surface area contributed by atoms with Gasteiger partial charge >= 0.3 is 11.9 Å². The Hall–Kier alpha value is -4.25. The van der Waals surface area contributed by atoms with Crippen molar-refractivity contribution >= 4 is 55.7 Å². The Morgan fingerprint density at radius 2 is 1.49 bits per heavy atom. The number of halogens is 1. The summed E-state index contributed by atoms with van der Waals surface area (Å²) in [7, 11) is 0. The predicted octanol–water partition coefficient (Wildman–Crippen LogP) is 5.90. The third kappa shape index (κ3) is 4.94. The van der Waals surface area contributed by atoms with E-state index in [1.54, 1.807) is 24.5 Å². The molecule has 216 valence electrons. The number of H-pyrrole nitrogens is 2. The molecule has 0 saturated heterocycles. The molecule has 41 heavy (non-hydrogen) atoms. The maximum Gasteiger partial charge on any atom is 0.321 e. The van der Waals surface area contributed by atoms with Crippen LogP contribution < -0.4 is 12.3 Å². The summed E-state index contributed by atoms with van der Waals surface area (Å²) >= 11 is 0. The molecule has 1 fully saturated rings. The third-order valence-corrected chi connectivity index (χ3v) is 7.28. The molecule has 0 aliphatic heterocycles. The number of hydrogen-bond donors (Lipinski definition) is 6. The first-order valence-electron chi connectivity index (χ1n) is 12.1. The molecule has 0 atom stereocenters. The second-order valence-corrected chi connectivity index (χ2v) is 9.47. The first kappa shape index (κ1) is 31.3. The van der Waals surface area contributed by atoms with Crippen LogP contribution in [0.15, 0.2) is 54.9 Å². The van der Waals surface area contributed by atoms with Crippen molar-refractivity contribution < 1.29 is 45.3 Å². The number of rotatable bonds is 3. The molecule has 0 amide bonds. The first-order valence-corrected chi connectivity index (χ1v) is 12.1. The van der Waals surface area contributed by atoms with Crippen molar-refractivity contribution in [1.82, 2.24) is 37.2 Å². The molecule has 7 rings (SSSR count). The minimum absolute atomic E-state index is 0. The molecule has 6 aromatic rings. The van der Waals surface area contributed by atoms with Crippen molar-refractivity contribution in [2.24, 2.45) is 5.41 Å². The molecule has 4 aromatic heterocycles. The van der Waals surface area contributed by atoms with Gasteiger partial charge in [-0.25, -0.2) is 9.37 Å². The van der Waals surface area contributed by atoms with E-state index in [0.29, 0.717) is 12.2 Å². The van der Waals surface area contributed by atoms with Gasteiger partial charge in [0.25, 0.3) is 0 Å².